The molecule has 0 aliphatic heterocycles. The maximum absolute atomic E-state index is 12.3. The highest BCUT2D eigenvalue weighted by atomic mass is 16.5. The molecule has 0 radical (unpaired) electrons. The number of hydrogen-bond donors (Lipinski definition) is 2. The smallest absolute Gasteiger partial charge is 0.247 e. The van der Waals surface area contributed by atoms with E-state index in [0.29, 0.717) is 29.0 Å². The van der Waals surface area contributed by atoms with E-state index in [1.54, 1.807) is 13.3 Å². The summed E-state index contributed by atoms with van der Waals surface area (Å²) in [7, 11) is 7.68. The fourth-order valence-corrected chi connectivity index (χ4v) is 5.01. The van der Waals surface area contributed by atoms with Crippen LogP contribution in [0.5, 0.6) is 5.75 Å². The Hall–Kier alpha value is -4.17. The molecule has 0 unspecified atom stereocenters. The number of likely N-dealkylation sites (N-methyl/N-ethyl adjacent to an activating group) is 2. The first-order chi connectivity index (χ1) is 18.9. The van der Waals surface area contributed by atoms with Crippen LogP contribution in [0.2, 0.25) is 0 Å². The number of amides is 1. The maximum Gasteiger partial charge on any atom is 0.247 e. The first-order valence-electron chi connectivity index (χ1n) is 13.3. The number of benzene rings is 2. The lowest BCUT2D eigenvalue weighted by molar-refractivity contribution is -0.111. The number of methoxy groups -OCH3 is 1. The van der Waals surface area contributed by atoms with E-state index in [1.165, 1.54) is 35.6 Å². The summed E-state index contributed by atoms with van der Waals surface area (Å²) in [6, 6.07) is 12.3. The Labute approximate surface area is 230 Å². The molecule has 3 aromatic rings. The Kier molecular flexibility index (Phi) is 7.65. The van der Waals surface area contributed by atoms with Crippen LogP contribution in [0.4, 0.5) is 23.0 Å². The number of nitrogens with zero attached hydrogens (tertiary/aromatic N) is 4. The minimum atomic E-state index is -0.288. The van der Waals surface area contributed by atoms with E-state index in [2.05, 4.69) is 56.3 Å². The number of ether oxygens (including phenoxy) is 1. The Morgan fingerprint density at radius 1 is 1.15 bits per heavy atom. The van der Waals surface area contributed by atoms with E-state index >= 15 is 0 Å². The number of fused-ring (bicyclic) bond motifs is 1. The third-order valence-corrected chi connectivity index (χ3v) is 7.26. The molecule has 1 heterocycles. The monoisotopic (exact) mass is 524 g/mol. The van der Waals surface area contributed by atoms with Gasteiger partial charge in [-0.2, -0.15) is 0 Å². The lowest BCUT2D eigenvalue weighted by Gasteiger charge is -2.26. The van der Waals surface area contributed by atoms with Crippen LogP contribution >= 0.6 is 0 Å². The highest BCUT2D eigenvalue weighted by Crippen LogP contribution is 2.45. The second-order valence-corrected chi connectivity index (χ2v) is 10.3. The van der Waals surface area contributed by atoms with Gasteiger partial charge in [-0.25, -0.2) is 9.97 Å². The summed E-state index contributed by atoms with van der Waals surface area (Å²) in [5.74, 6) is 1.49. The fraction of sp³-hybridized carbons (Fsp3) is 0.323. The van der Waals surface area contributed by atoms with Gasteiger partial charge < -0.3 is 25.2 Å². The first-order valence-corrected chi connectivity index (χ1v) is 13.3. The van der Waals surface area contributed by atoms with Gasteiger partial charge in [0.25, 0.3) is 0 Å². The summed E-state index contributed by atoms with van der Waals surface area (Å²) < 4.78 is 5.74. The molecular formula is C31H36N6O2. The zero-order valence-electron chi connectivity index (χ0n) is 23.1. The third kappa shape index (κ3) is 5.81. The molecular weight excluding hydrogens is 488 g/mol. The minimum Gasteiger partial charge on any atom is -0.494 e. The molecule has 2 aliphatic carbocycles. The van der Waals surface area contributed by atoms with Gasteiger partial charge in [0.05, 0.1) is 29.9 Å². The van der Waals surface area contributed by atoms with Gasteiger partial charge >= 0.3 is 0 Å². The van der Waals surface area contributed by atoms with E-state index in [4.69, 9.17) is 9.72 Å². The Balaban J connectivity index is 1.45. The summed E-state index contributed by atoms with van der Waals surface area (Å²) in [4.78, 5) is 25.8. The van der Waals surface area contributed by atoms with Gasteiger partial charge in [-0.05, 0) is 74.2 Å². The molecule has 5 rings (SSSR count). The van der Waals surface area contributed by atoms with Gasteiger partial charge in [0.1, 0.15) is 5.75 Å². The molecule has 0 atom stereocenters. The molecule has 1 saturated carbocycles. The van der Waals surface area contributed by atoms with E-state index in [-0.39, 0.29) is 5.91 Å². The molecule has 2 aliphatic rings. The maximum atomic E-state index is 12.3. The van der Waals surface area contributed by atoms with Crippen LogP contribution in [0.1, 0.15) is 41.1 Å². The third-order valence-electron chi connectivity index (χ3n) is 7.26. The predicted molar refractivity (Wildman–Crippen MR) is 158 cm³/mol. The second kappa shape index (κ2) is 11.3. The van der Waals surface area contributed by atoms with Crippen molar-refractivity contribution in [1.29, 1.82) is 0 Å². The Morgan fingerprint density at radius 3 is 2.69 bits per heavy atom. The molecule has 8 heteroatoms. The van der Waals surface area contributed by atoms with Crippen molar-refractivity contribution in [3.8, 4) is 5.75 Å². The van der Waals surface area contributed by atoms with Crippen molar-refractivity contribution < 1.29 is 9.53 Å². The Bertz CT molecular complexity index is 1430. The van der Waals surface area contributed by atoms with Crippen LogP contribution in [0.3, 0.4) is 0 Å². The lowest BCUT2D eigenvalue weighted by atomic mass is 9.96. The van der Waals surface area contributed by atoms with Gasteiger partial charge in [0.2, 0.25) is 11.9 Å². The van der Waals surface area contributed by atoms with Crippen LogP contribution in [0, 0.1) is 0 Å². The number of carbonyl (C=O) groups excluding carboxylic acids is 1. The van der Waals surface area contributed by atoms with Crippen LogP contribution in [0.15, 0.2) is 61.3 Å². The predicted octanol–water partition coefficient (Wildman–Crippen LogP) is 5.22. The van der Waals surface area contributed by atoms with Crippen LogP contribution in [0.25, 0.3) is 5.57 Å². The topological polar surface area (TPSA) is 82.6 Å². The largest absolute Gasteiger partial charge is 0.494 e. The normalized spacial score (nSPS) is 14.0. The van der Waals surface area contributed by atoms with Gasteiger partial charge in [-0.15, -0.1) is 0 Å². The van der Waals surface area contributed by atoms with Gasteiger partial charge in [-0.3, -0.25) is 4.79 Å². The first kappa shape index (κ1) is 26.4. The van der Waals surface area contributed by atoms with Crippen molar-refractivity contribution in [2.24, 2.45) is 0 Å². The van der Waals surface area contributed by atoms with Gasteiger partial charge in [0, 0.05) is 38.0 Å². The number of carbonyl (C=O) groups is 1. The Morgan fingerprint density at radius 2 is 1.97 bits per heavy atom. The van der Waals surface area contributed by atoms with Crippen LogP contribution < -0.4 is 20.3 Å². The molecule has 0 spiro atoms. The zero-order chi connectivity index (χ0) is 27.5. The van der Waals surface area contributed by atoms with Crippen LogP contribution in [-0.2, 0) is 11.2 Å². The average Bonchev–Trinajstić information content (AvgIpc) is 3.69. The molecule has 1 aromatic heterocycles. The number of nitrogens with one attached hydrogen (secondary N) is 2. The van der Waals surface area contributed by atoms with Crippen molar-refractivity contribution in [3.63, 3.8) is 0 Å². The molecule has 0 bridgehead atoms. The van der Waals surface area contributed by atoms with Crippen molar-refractivity contribution in [1.82, 2.24) is 14.9 Å². The van der Waals surface area contributed by atoms with Gasteiger partial charge in [0.15, 0.2) is 0 Å². The second-order valence-electron chi connectivity index (χ2n) is 10.3. The van der Waals surface area contributed by atoms with Crippen molar-refractivity contribution in [2.75, 3.05) is 56.9 Å². The quantitative estimate of drug-likeness (QED) is 0.333. The van der Waals surface area contributed by atoms with E-state index in [1.807, 2.05) is 39.3 Å². The molecule has 8 nitrogen and oxygen atoms in total. The number of aromatic nitrogens is 2. The SMILES string of the molecule is C=CC(=O)Nc1cc(Nc2nccc(C3=CCc4c3cccc4C3CC3)n2)c(OC)cc1N(C)CCN(C)C. The summed E-state index contributed by atoms with van der Waals surface area (Å²) in [6.07, 6.45) is 8.81. The minimum absolute atomic E-state index is 0.288. The van der Waals surface area contributed by atoms with E-state index in [0.717, 1.165) is 36.5 Å². The average molecular weight is 525 g/mol. The molecule has 39 heavy (non-hydrogen) atoms. The number of hydrogen-bond acceptors (Lipinski definition) is 7. The number of allylic oxidation sites excluding steroid dienone is 1. The highest BCUT2D eigenvalue weighted by Gasteiger charge is 2.29. The molecule has 2 N–H and O–H groups in total. The van der Waals surface area contributed by atoms with Crippen molar-refractivity contribution >= 4 is 34.5 Å². The summed E-state index contributed by atoms with van der Waals surface area (Å²) in [5.41, 5.74) is 8.32. The van der Waals surface area contributed by atoms with Crippen molar-refractivity contribution in [2.45, 2.75) is 25.2 Å². The van der Waals surface area contributed by atoms with E-state index < -0.39 is 0 Å². The summed E-state index contributed by atoms with van der Waals surface area (Å²) in [6.45, 7) is 5.22. The standard InChI is InChI=1S/C31H36N6O2/c1-6-30(38)33-26-18-27(29(39-5)19-28(26)37(4)17-16-36(2)3)35-31-32-15-14-25(34-31)24-13-12-23-21(20-10-11-20)8-7-9-22(23)24/h6-9,13-15,18-20H,1,10-12,16-17H2,2-5H3,(H,33,38)(H,32,34,35). The van der Waals surface area contributed by atoms with Crippen molar-refractivity contribution in [3.05, 3.63) is 83.7 Å². The van der Waals surface area contributed by atoms with Crippen LogP contribution in [-0.4, -0.2) is 62.1 Å². The molecule has 202 valence electrons. The van der Waals surface area contributed by atoms with E-state index in [9.17, 15) is 4.79 Å². The molecule has 0 saturated heterocycles. The molecule has 1 fully saturated rings. The summed E-state index contributed by atoms with van der Waals surface area (Å²) in [5, 5.41) is 6.26. The zero-order valence-corrected chi connectivity index (χ0v) is 23.1. The fourth-order valence-electron chi connectivity index (χ4n) is 5.01. The summed E-state index contributed by atoms with van der Waals surface area (Å²) >= 11 is 0. The highest BCUT2D eigenvalue weighted by molar-refractivity contribution is 6.02. The number of rotatable bonds is 11. The molecule has 1 amide bonds. The number of anilines is 4. The molecule has 2 aromatic carbocycles. The van der Waals surface area contributed by atoms with Gasteiger partial charge in [-0.1, -0.05) is 30.9 Å². The lowest BCUT2D eigenvalue weighted by Crippen LogP contribution is -2.29.